The summed E-state index contributed by atoms with van der Waals surface area (Å²) < 4.78 is 44.5. The maximum absolute atomic E-state index is 13.0. The van der Waals surface area contributed by atoms with Gasteiger partial charge in [0, 0.05) is 23.0 Å². The molecule has 0 bridgehead atoms. The van der Waals surface area contributed by atoms with Gasteiger partial charge in [-0.2, -0.15) is 13.2 Å². The highest BCUT2D eigenvalue weighted by atomic mass is 79.9. The summed E-state index contributed by atoms with van der Waals surface area (Å²) in [6.07, 6.45) is -3.77. The molecule has 1 amide bonds. The van der Waals surface area contributed by atoms with Crippen molar-refractivity contribution in [2.75, 3.05) is 13.2 Å². The van der Waals surface area contributed by atoms with E-state index in [9.17, 15) is 18.0 Å². The third kappa shape index (κ3) is 3.97. The fourth-order valence-electron chi connectivity index (χ4n) is 2.30. The minimum atomic E-state index is -4.57. The third-order valence-corrected chi connectivity index (χ3v) is 4.06. The number of ether oxygens (including phenoxy) is 1. The summed E-state index contributed by atoms with van der Waals surface area (Å²) in [4.78, 5) is 12.1. The first-order valence-corrected chi connectivity index (χ1v) is 7.33. The van der Waals surface area contributed by atoms with Gasteiger partial charge in [0.2, 0.25) is 0 Å². The van der Waals surface area contributed by atoms with Crippen LogP contribution in [0.2, 0.25) is 0 Å². The summed E-state index contributed by atoms with van der Waals surface area (Å²) in [6.45, 7) is 2.92. The molecule has 0 aromatic heterocycles. The van der Waals surface area contributed by atoms with Crippen LogP contribution in [0.15, 0.2) is 22.7 Å². The van der Waals surface area contributed by atoms with Gasteiger partial charge >= 0.3 is 6.18 Å². The summed E-state index contributed by atoms with van der Waals surface area (Å²) in [6, 6.07) is 3.29. The molecule has 1 aliphatic rings. The number of hydrogen-bond acceptors (Lipinski definition) is 2. The number of nitrogens with one attached hydrogen (secondary N) is 1. The first kappa shape index (κ1) is 16.3. The van der Waals surface area contributed by atoms with Crippen LogP contribution >= 0.6 is 15.9 Å². The lowest BCUT2D eigenvalue weighted by Crippen LogP contribution is -2.39. The zero-order chi connectivity index (χ0) is 15.6. The number of carbonyl (C=O) groups is 1. The van der Waals surface area contributed by atoms with E-state index in [1.165, 1.54) is 12.1 Å². The SMILES string of the molecule is CC(NC(=O)c1ccc(Br)cc1C(F)(F)F)C1CCOC1. The zero-order valence-electron chi connectivity index (χ0n) is 11.3. The minimum Gasteiger partial charge on any atom is -0.381 e. The predicted molar refractivity (Wildman–Crippen MR) is 75.0 cm³/mol. The molecule has 2 atom stereocenters. The standard InChI is InChI=1S/C14H15BrF3NO2/c1-8(9-4-5-21-7-9)19-13(20)11-3-2-10(15)6-12(11)14(16,17)18/h2-3,6,8-9H,4-5,7H2,1H3,(H,19,20). The van der Waals surface area contributed by atoms with Crippen molar-refractivity contribution in [1.82, 2.24) is 5.32 Å². The summed E-state index contributed by atoms with van der Waals surface area (Å²) in [5.41, 5.74) is -1.30. The van der Waals surface area contributed by atoms with Gasteiger partial charge < -0.3 is 10.1 Å². The van der Waals surface area contributed by atoms with Gasteiger partial charge in [0.15, 0.2) is 0 Å². The Morgan fingerprint density at radius 1 is 1.48 bits per heavy atom. The monoisotopic (exact) mass is 365 g/mol. The van der Waals surface area contributed by atoms with E-state index in [0.717, 1.165) is 12.5 Å². The van der Waals surface area contributed by atoms with Gasteiger partial charge in [-0.1, -0.05) is 15.9 Å². The van der Waals surface area contributed by atoms with E-state index in [2.05, 4.69) is 21.2 Å². The molecular weight excluding hydrogens is 351 g/mol. The van der Waals surface area contributed by atoms with E-state index in [0.29, 0.717) is 13.2 Å². The minimum absolute atomic E-state index is 0.138. The molecule has 1 aromatic rings. The van der Waals surface area contributed by atoms with E-state index in [-0.39, 0.29) is 22.0 Å². The second kappa shape index (κ2) is 6.36. The van der Waals surface area contributed by atoms with Crippen molar-refractivity contribution in [2.24, 2.45) is 5.92 Å². The third-order valence-electron chi connectivity index (χ3n) is 3.56. The molecular formula is C14H15BrF3NO2. The van der Waals surface area contributed by atoms with E-state index in [1.807, 2.05) is 0 Å². The fourth-order valence-corrected chi connectivity index (χ4v) is 2.66. The van der Waals surface area contributed by atoms with Crippen molar-refractivity contribution in [3.8, 4) is 0 Å². The zero-order valence-corrected chi connectivity index (χ0v) is 12.9. The number of benzene rings is 1. The topological polar surface area (TPSA) is 38.3 Å². The summed E-state index contributed by atoms with van der Waals surface area (Å²) >= 11 is 2.99. The highest BCUT2D eigenvalue weighted by molar-refractivity contribution is 9.10. The van der Waals surface area contributed by atoms with Crippen molar-refractivity contribution in [3.63, 3.8) is 0 Å². The molecule has 1 saturated heterocycles. The molecule has 1 fully saturated rings. The Morgan fingerprint density at radius 2 is 2.19 bits per heavy atom. The number of halogens is 4. The van der Waals surface area contributed by atoms with Crippen molar-refractivity contribution < 1.29 is 22.7 Å². The van der Waals surface area contributed by atoms with Crippen LogP contribution in [-0.4, -0.2) is 25.2 Å². The van der Waals surface area contributed by atoms with Gasteiger partial charge in [0.1, 0.15) is 0 Å². The maximum Gasteiger partial charge on any atom is 0.417 e. The molecule has 116 valence electrons. The van der Waals surface area contributed by atoms with Crippen molar-refractivity contribution >= 4 is 21.8 Å². The van der Waals surface area contributed by atoms with Crippen LogP contribution in [0.25, 0.3) is 0 Å². The molecule has 0 spiro atoms. The Labute approximate surface area is 129 Å². The number of amides is 1. The molecule has 1 aliphatic heterocycles. The summed E-state index contributed by atoms with van der Waals surface area (Å²) in [5, 5.41) is 2.64. The molecule has 1 aromatic carbocycles. The van der Waals surface area contributed by atoms with E-state index < -0.39 is 17.6 Å². The average Bonchev–Trinajstić information content (AvgIpc) is 2.91. The second-order valence-corrected chi connectivity index (χ2v) is 5.99. The normalized spacial score (nSPS) is 20.3. The summed E-state index contributed by atoms with van der Waals surface area (Å²) in [5.74, 6) is -0.576. The van der Waals surface area contributed by atoms with Crippen molar-refractivity contribution in [1.29, 1.82) is 0 Å². The van der Waals surface area contributed by atoms with E-state index >= 15 is 0 Å². The van der Waals surface area contributed by atoms with Crippen LogP contribution in [0.1, 0.15) is 29.3 Å². The molecule has 3 nitrogen and oxygen atoms in total. The van der Waals surface area contributed by atoms with Gasteiger partial charge in [-0.25, -0.2) is 0 Å². The number of carbonyl (C=O) groups excluding carboxylic acids is 1. The molecule has 21 heavy (non-hydrogen) atoms. The molecule has 0 radical (unpaired) electrons. The van der Waals surface area contributed by atoms with E-state index in [1.54, 1.807) is 6.92 Å². The lowest BCUT2D eigenvalue weighted by atomic mass is 9.99. The van der Waals surface area contributed by atoms with Gasteiger partial charge in [-0.15, -0.1) is 0 Å². The molecule has 0 aliphatic carbocycles. The molecule has 0 saturated carbocycles. The highest BCUT2D eigenvalue weighted by Crippen LogP contribution is 2.34. The lowest BCUT2D eigenvalue weighted by Gasteiger charge is -2.20. The quantitative estimate of drug-likeness (QED) is 0.888. The smallest absolute Gasteiger partial charge is 0.381 e. The molecule has 2 rings (SSSR count). The van der Waals surface area contributed by atoms with Gasteiger partial charge in [-0.3, -0.25) is 4.79 Å². The van der Waals surface area contributed by atoms with Crippen LogP contribution < -0.4 is 5.32 Å². The Bertz CT molecular complexity index is 527. The molecule has 7 heteroatoms. The molecule has 2 unspecified atom stereocenters. The fraction of sp³-hybridized carbons (Fsp3) is 0.500. The van der Waals surface area contributed by atoms with Gasteiger partial charge in [-0.05, 0) is 31.5 Å². The van der Waals surface area contributed by atoms with Gasteiger partial charge in [0.05, 0.1) is 17.7 Å². The lowest BCUT2D eigenvalue weighted by molar-refractivity contribution is -0.138. The average molecular weight is 366 g/mol. The van der Waals surface area contributed by atoms with E-state index in [4.69, 9.17) is 4.74 Å². The Morgan fingerprint density at radius 3 is 2.76 bits per heavy atom. The van der Waals surface area contributed by atoms with Crippen LogP contribution in [0.3, 0.4) is 0 Å². The number of alkyl halides is 3. The van der Waals surface area contributed by atoms with Crippen LogP contribution in [0.5, 0.6) is 0 Å². The van der Waals surface area contributed by atoms with Crippen LogP contribution in [0, 0.1) is 5.92 Å². The van der Waals surface area contributed by atoms with Crippen LogP contribution in [0.4, 0.5) is 13.2 Å². The maximum atomic E-state index is 13.0. The first-order valence-electron chi connectivity index (χ1n) is 6.54. The first-order chi connectivity index (χ1) is 9.79. The van der Waals surface area contributed by atoms with Crippen molar-refractivity contribution in [3.05, 3.63) is 33.8 Å². The van der Waals surface area contributed by atoms with Crippen molar-refractivity contribution in [2.45, 2.75) is 25.6 Å². The molecule has 1 N–H and O–H groups in total. The highest BCUT2D eigenvalue weighted by Gasteiger charge is 2.36. The summed E-state index contributed by atoms with van der Waals surface area (Å²) in [7, 11) is 0. The predicted octanol–water partition coefficient (Wildman–Crippen LogP) is 3.62. The molecule has 1 heterocycles. The number of hydrogen-bond donors (Lipinski definition) is 1. The Balaban J connectivity index is 2.18. The Hall–Kier alpha value is -1.08. The largest absolute Gasteiger partial charge is 0.417 e. The van der Waals surface area contributed by atoms with Crippen LogP contribution in [-0.2, 0) is 10.9 Å². The Kier molecular flexibility index (Phi) is 4.93. The second-order valence-electron chi connectivity index (χ2n) is 5.07. The number of rotatable bonds is 3. The van der Waals surface area contributed by atoms with Gasteiger partial charge in [0.25, 0.3) is 5.91 Å².